The molecule has 3 nitrogen and oxygen atoms in total. The average Bonchev–Trinajstić information content (AvgIpc) is 3.20. The van der Waals surface area contributed by atoms with Crippen LogP contribution in [0.4, 0.5) is 0 Å². The van der Waals surface area contributed by atoms with Crippen molar-refractivity contribution in [2.75, 3.05) is 13.7 Å². The summed E-state index contributed by atoms with van der Waals surface area (Å²) >= 11 is 0. The maximum atomic E-state index is 6.92. The Labute approximate surface area is 189 Å². The first-order valence-electron chi connectivity index (χ1n) is 13.3. The van der Waals surface area contributed by atoms with Crippen molar-refractivity contribution in [2.24, 2.45) is 46.3 Å². The molecule has 6 rings (SSSR count). The highest BCUT2D eigenvalue weighted by Crippen LogP contribution is 2.70. The lowest BCUT2D eigenvalue weighted by Crippen LogP contribution is -2.52. The molecule has 0 aromatic heterocycles. The number of hydrogen-bond acceptors (Lipinski definition) is 3. The van der Waals surface area contributed by atoms with Crippen molar-refractivity contribution < 1.29 is 14.2 Å². The Bertz CT molecular complexity index is 751. The lowest BCUT2D eigenvalue weighted by molar-refractivity contribution is -0.272. The first-order valence-corrected chi connectivity index (χ1v) is 13.3. The molecule has 1 unspecified atom stereocenters. The van der Waals surface area contributed by atoms with Gasteiger partial charge in [-0.1, -0.05) is 39.3 Å². The minimum Gasteiger partial charge on any atom is -0.381 e. The van der Waals surface area contributed by atoms with Crippen LogP contribution in [0.3, 0.4) is 0 Å². The molecule has 2 heterocycles. The van der Waals surface area contributed by atoms with E-state index in [1.165, 1.54) is 51.4 Å². The summed E-state index contributed by atoms with van der Waals surface area (Å²) < 4.78 is 19.2. The lowest BCUT2D eigenvalue weighted by atomic mass is 9.47. The molecule has 4 aliphatic carbocycles. The van der Waals surface area contributed by atoms with Gasteiger partial charge in [0.15, 0.2) is 5.79 Å². The van der Waals surface area contributed by atoms with E-state index in [1.807, 2.05) is 7.11 Å². The zero-order valence-corrected chi connectivity index (χ0v) is 20.5. The molecule has 0 radical (unpaired) electrons. The molecular weight excluding hydrogens is 384 g/mol. The first kappa shape index (κ1) is 21.2. The number of ether oxygens (including phenoxy) is 3. The summed E-state index contributed by atoms with van der Waals surface area (Å²) in [5, 5.41) is 0. The third kappa shape index (κ3) is 2.81. The third-order valence-electron chi connectivity index (χ3n) is 11.7. The fourth-order valence-corrected chi connectivity index (χ4v) is 9.85. The van der Waals surface area contributed by atoms with Crippen LogP contribution in [0.15, 0.2) is 11.6 Å². The van der Waals surface area contributed by atoms with Gasteiger partial charge in [-0.05, 0) is 91.8 Å². The second-order valence-electron chi connectivity index (χ2n) is 12.9. The molecule has 0 aromatic rings. The van der Waals surface area contributed by atoms with Gasteiger partial charge in [0.2, 0.25) is 0 Å². The zero-order chi connectivity index (χ0) is 21.6. The topological polar surface area (TPSA) is 27.7 Å². The van der Waals surface area contributed by atoms with Gasteiger partial charge < -0.3 is 14.2 Å². The standard InChI is InChI=1S/C28H44O3/c1-17-8-13-28(30-16-17)18(2)25-24(31-28)15-23-21-7-6-19-14-20(29-5)9-11-26(19,3)22(21)10-12-27(23,25)4/h6,17-18,20-25H,7-16H2,1-5H3/t17-,18+,20+,21-,22+,23+,24+,25+,26+,27+,28?/m1/s1. The lowest BCUT2D eigenvalue weighted by Gasteiger charge is -2.58. The number of allylic oxidation sites excluding steroid dienone is 1. The zero-order valence-electron chi connectivity index (χ0n) is 20.5. The second-order valence-corrected chi connectivity index (χ2v) is 12.9. The predicted molar refractivity (Wildman–Crippen MR) is 122 cm³/mol. The number of fused-ring (bicyclic) bond motifs is 7. The summed E-state index contributed by atoms with van der Waals surface area (Å²) in [6.45, 7) is 10.9. The Balaban J connectivity index is 1.27. The van der Waals surface area contributed by atoms with Crippen LogP contribution in [0.5, 0.6) is 0 Å². The Morgan fingerprint density at radius 3 is 2.61 bits per heavy atom. The summed E-state index contributed by atoms with van der Waals surface area (Å²) in [5.41, 5.74) is 2.56. The SMILES string of the molecule is CO[C@H]1CC[C@@]2(C)C(=CC[C@H]3[C@@H]4C[C@@H]5OC6(CC[C@@H](C)CO6)[C@@H](C)[C@@H]5[C@@]4(C)CC[C@@H]32)C1. The molecule has 0 bridgehead atoms. The van der Waals surface area contributed by atoms with Crippen molar-refractivity contribution in [1.82, 2.24) is 0 Å². The van der Waals surface area contributed by atoms with Crippen LogP contribution in [0, 0.1) is 46.3 Å². The molecule has 3 saturated carbocycles. The van der Waals surface area contributed by atoms with E-state index >= 15 is 0 Å². The van der Waals surface area contributed by atoms with E-state index in [2.05, 4.69) is 33.8 Å². The van der Waals surface area contributed by atoms with Crippen molar-refractivity contribution in [3.8, 4) is 0 Å². The molecule has 174 valence electrons. The highest BCUT2D eigenvalue weighted by atomic mass is 16.7. The number of hydrogen-bond donors (Lipinski definition) is 0. The van der Waals surface area contributed by atoms with E-state index < -0.39 is 0 Å². The molecule has 1 spiro atoms. The van der Waals surface area contributed by atoms with Gasteiger partial charge in [-0.15, -0.1) is 0 Å². The summed E-state index contributed by atoms with van der Waals surface area (Å²) in [5.74, 6) is 4.12. The van der Waals surface area contributed by atoms with E-state index in [4.69, 9.17) is 14.2 Å². The molecule has 2 saturated heterocycles. The molecule has 2 aliphatic heterocycles. The van der Waals surface area contributed by atoms with Gasteiger partial charge in [0.1, 0.15) is 0 Å². The Hall–Kier alpha value is -0.380. The van der Waals surface area contributed by atoms with Gasteiger partial charge in [-0.3, -0.25) is 0 Å². The van der Waals surface area contributed by atoms with Crippen LogP contribution in [0.2, 0.25) is 0 Å². The van der Waals surface area contributed by atoms with Crippen LogP contribution in [-0.4, -0.2) is 31.7 Å². The maximum absolute atomic E-state index is 6.92. The summed E-state index contributed by atoms with van der Waals surface area (Å²) in [6, 6.07) is 0. The minimum absolute atomic E-state index is 0.281. The molecule has 0 amide bonds. The van der Waals surface area contributed by atoms with Crippen molar-refractivity contribution >= 4 is 0 Å². The summed E-state index contributed by atoms with van der Waals surface area (Å²) in [4.78, 5) is 0. The smallest absolute Gasteiger partial charge is 0.171 e. The normalized spacial score (nSPS) is 58.3. The van der Waals surface area contributed by atoms with Gasteiger partial charge in [-0.2, -0.15) is 0 Å². The van der Waals surface area contributed by atoms with Crippen molar-refractivity contribution in [3.05, 3.63) is 11.6 Å². The van der Waals surface area contributed by atoms with E-state index in [-0.39, 0.29) is 5.79 Å². The van der Waals surface area contributed by atoms with Gasteiger partial charge in [0, 0.05) is 19.4 Å². The molecule has 31 heavy (non-hydrogen) atoms. The maximum Gasteiger partial charge on any atom is 0.171 e. The van der Waals surface area contributed by atoms with E-state index in [1.54, 1.807) is 5.57 Å². The van der Waals surface area contributed by atoms with Gasteiger partial charge in [0.25, 0.3) is 0 Å². The first-order chi connectivity index (χ1) is 14.8. The number of methoxy groups -OCH3 is 1. The van der Waals surface area contributed by atoms with Crippen LogP contribution in [-0.2, 0) is 14.2 Å². The van der Waals surface area contributed by atoms with E-state index in [9.17, 15) is 0 Å². The van der Waals surface area contributed by atoms with Crippen LogP contribution in [0.1, 0.15) is 85.5 Å². The van der Waals surface area contributed by atoms with Crippen molar-refractivity contribution in [1.29, 1.82) is 0 Å². The fourth-order valence-electron chi connectivity index (χ4n) is 9.85. The highest BCUT2D eigenvalue weighted by Gasteiger charge is 2.68. The molecule has 3 heteroatoms. The second kappa shape index (κ2) is 7.06. The Morgan fingerprint density at radius 2 is 1.87 bits per heavy atom. The fraction of sp³-hybridized carbons (Fsp3) is 0.929. The van der Waals surface area contributed by atoms with Gasteiger partial charge >= 0.3 is 0 Å². The van der Waals surface area contributed by atoms with Crippen molar-refractivity contribution in [3.63, 3.8) is 0 Å². The van der Waals surface area contributed by atoms with Gasteiger partial charge in [-0.25, -0.2) is 0 Å². The molecular formula is C28H44O3. The highest BCUT2D eigenvalue weighted by molar-refractivity contribution is 5.26. The Morgan fingerprint density at radius 1 is 1.03 bits per heavy atom. The van der Waals surface area contributed by atoms with Crippen LogP contribution in [0.25, 0.3) is 0 Å². The largest absolute Gasteiger partial charge is 0.381 e. The Kier molecular flexibility index (Phi) is 4.82. The molecule has 0 aromatic carbocycles. The molecule has 0 N–H and O–H groups in total. The molecule has 5 fully saturated rings. The van der Waals surface area contributed by atoms with E-state index in [0.29, 0.717) is 40.8 Å². The number of rotatable bonds is 1. The van der Waals surface area contributed by atoms with Crippen molar-refractivity contribution in [2.45, 2.75) is 103 Å². The van der Waals surface area contributed by atoms with Gasteiger partial charge in [0.05, 0.1) is 18.8 Å². The molecule has 11 atom stereocenters. The van der Waals surface area contributed by atoms with Crippen LogP contribution >= 0.6 is 0 Å². The van der Waals surface area contributed by atoms with Crippen LogP contribution < -0.4 is 0 Å². The minimum atomic E-state index is -0.281. The summed E-state index contributed by atoms with van der Waals surface area (Å²) in [6.07, 6.45) is 14.9. The summed E-state index contributed by atoms with van der Waals surface area (Å²) in [7, 11) is 1.90. The average molecular weight is 429 g/mol. The quantitative estimate of drug-likeness (QED) is 0.454. The van der Waals surface area contributed by atoms with E-state index in [0.717, 1.165) is 30.8 Å². The third-order valence-corrected chi connectivity index (χ3v) is 11.7. The molecule has 6 aliphatic rings. The predicted octanol–water partition coefficient (Wildman–Crippen LogP) is 6.37. The monoisotopic (exact) mass is 428 g/mol.